The van der Waals surface area contributed by atoms with Crippen LogP contribution in [0.25, 0.3) is 0 Å². The molecule has 4 nitrogen and oxygen atoms in total. The topological polar surface area (TPSA) is 53.4 Å². The molecule has 0 atom stereocenters. The third kappa shape index (κ3) is 2.33. The van der Waals surface area contributed by atoms with E-state index in [1.165, 1.54) is 34.2 Å². The second-order valence-corrected chi connectivity index (χ2v) is 5.77. The van der Waals surface area contributed by atoms with Crippen molar-refractivity contribution in [3.8, 4) is 0 Å². The SMILES string of the molecule is Cc1ccc2c(c1)CN(c1ncc(C(=O)O)s1)CC2. The van der Waals surface area contributed by atoms with E-state index in [0.717, 1.165) is 24.6 Å². The maximum absolute atomic E-state index is 10.9. The minimum Gasteiger partial charge on any atom is -0.477 e. The molecule has 1 aromatic heterocycles. The lowest BCUT2D eigenvalue weighted by Gasteiger charge is -2.28. The molecule has 3 rings (SSSR count). The van der Waals surface area contributed by atoms with Crippen molar-refractivity contribution < 1.29 is 9.90 Å². The quantitative estimate of drug-likeness (QED) is 0.915. The minimum absolute atomic E-state index is 0.296. The average molecular weight is 274 g/mol. The summed E-state index contributed by atoms with van der Waals surface area (Å²) >= 11 is 1.24. The molecule has 2 aromatic rings. The lowest BCUT2D eigenvalue weighted by Crippen LogP contribution is -2.30. The number of hydrogen-bond donors (Lipinski definition) is 1. The largest absolute Gasteiger partial charge is 0.477 e. The molecule has 0 saturated heterocycles. The van der Waals surface area contributed by atoms with Gasteiger partial charge in [-0.25, -0.2) is 9.78 Å². The highest BCUT2D eigenvalue weighted by Gasteiger charge is 2.20. The molecule has 1 N–H and O–H groups in total. The molecular formula is C14H14N2O2S. The molecule has 98 valence electrons. The highest BCUT2D eigenvalue weighted by atomic mass is 32.1. The summed E-state index contributed by atoms with van der Waals surface area (Å²) in [6.07, 6.45) is 2.42. The first kappa shape index (κ1) is 12.2. The van der Waals surface area contributed by atoms with Gasteiger partial charge in [0, 0.05) is 13.1 Å². The van der Waals surface area contributed by atoms with E-state index in [-0.39, 0.29) is 0 Å². The molecule has 0 spiro atoms. The molecule has 0 amide bonds. The molecule has 1 aliphatic heterocycles. The molecule has 1 aliphatic rings. The van der Waals surface area contributed by atoms with Gasteiger partial charge in [0.1, 0.15) is 4.88 Å². The standard InChI is InChI=1S/C14H14N2O2S/c1-9-2-3-10-4-5-16(8-11(10)6-9)14-15-7-12(19-14)13(17)18/h2-3,6-7H,4-5,8H2,1H3,(H,17,18). The summed E-state index contributed by atoms with van der Waals surface area (Å²) in [7, 11) is 0. The van der Waals surface area contributed by atoms with E-state index in [9.17, 15) is 4.79 Å². The van der Waals surface area contributed by atoms with Gasteiger partial charge in [0.2, 0.25) is 0 Å². The van der Waals surface area contributed by atoms with E-state index >= 15 is 0 Å². The van der Waals surface area contributed by atoms with E-state index in [1.807, 2.05) is 0 Å². The number of carboxylic acids is 1. The van der Waals surface area contributed by atoms with Crippen molar-refractivity contribution in [3.63, 3.8) is 0 Å². The summed E-state index contributed by atoms with van der Waals surface area (Å²) in [4.78, 5) is 17.6. The predicted molar refractivity (Wildman–Crippen MR) is 75.0 cm³/mol. The maximum Gasteiger partial charge on any atom is 0.347 e. The van der Waals surface area contributed by atoms with Crippen LogP contribution < -0.4 is 4.90 Å². The molecule has 0 bridgehead atoms. The zero-order valence-electron chi connectivity index (χ0n) is 10.6. The van der Waals surface area contributed by atoms with Crippen LogP contribution in [0.15, 0.2) is 24.4 Å². The lowest BCUT2D eigenvalue weighted by atomic mass is 9.98. The number of aromatic carboxylic acids is 1. The number of fused-ring (bicyclic) bond motifs is 1. The van der Waals surface area contributed by atoms with Crippen LogP contribution in [-0.4, -0.2) is 22.6 Å². The summed E-state index contributed by atoms with van der Waals surface area (Å²) in [6.45, 7) is 3.79. The fraction of sp³-hybridized carbons (Fsp3) is 0.286. The van der Waals surface area contributed by atoms with E-state index in [4.69, 9.17) is 5.11 Å². The van der Waals surface area contributed by atoms with Gasteiger partial charge in [0.25, 0.3) is 0 Å². The first-order valence-corrected chi connectivity index (χ1v) is 6.97. The molecule has 2 heterocycles. The zero-order valence-corrected chi connectivity index (χ0v) is 11.4. The molecule has 0 radical (unpaired) electrons. The summed E-state index contributed by atoms with van der Waals surface area (Å²) in [5.74, 6) is -0.906. The number of carboxylic acid groups (broad SMARTS) is 1. The summed E-state index contributed by atoms with van der Waals surface area (Å²) in [6, 6.07) is 6.53. The smallest absolute Gasteiger partial charge is 0.347 e. The van der Waals surface area contributed by atoms with E-state index < -0.39 is 5.97 Å². The normalized spacial score (nSPS) is 14.3. The Morgan fingerprint density at radius 2 is 2.26 bits per heavy atom. The number of hydrogen-bond acceptors (Lipinski definition) is 4. The number of benzene rings is 1. The van der Waals surface area contributed by atoms with Crippen LogP contribution in [0.1, 0.15) is 26.4 Å². The monoisotopic (exact) mass is 274 g/mol. The zero-order chi connectivity index (χ0) is 13.4. The van der Waals surface area contributed by atoms with Gasteiger partial charge in [0.05, 0.1) is 6.20 Å². The highest BCUT2D eigenvalue weighted by molar-refractivity contribution is 7.17. The second kappa shape index (κ2) is 4.66. The Bertz CT molecular complexity index is 636. The van der Waals surface area contributed by atoms with Crippen molar-refractivity contribution in [3.05, 3.63) is 46.0 Å². The van der Waals surface area contributed by atoms with Crippen molar-refractivity contribution in [2.24, 2.45) is 0 Å². The Hall–Kier alpha value is -1.88. The summed E-state index contributed by atoms with van der Waals surface area (Å²) in [5.41, 5.74) is 3.96. The van der Waals surface area contributed by atoms with Gasteiger partial charge in [-0.1, -0.05) is 35.1 Å². The Kier molecular flexibility index (Phi) is 2.98. The van der Waals surface area contributed by atoms with E-state index in [0.29, 0.717) is 4.88 Å². The van der Waals surface area contributed by atoms with Gasteiger partial charge < -0.3 is 10.0 Å². The second-order valence-electron chi connectivity index (χ2n) is 4.76. The molecule has 5 heteroatoms. The van der Waals surface area contributed by atoms with Crippen molar-refractivity contribution in [2.75, 3.05) is 11.4 Å². The van der Waals surface area contributed by atoms with Crippen LogP contribution in [0.3, 0.4) is 0 Å². The van der Waals surface area contributed by atoms with Crippen LogP contribution in [0.4, 0.5) is 5.13 Å². The van der Waals surface area contributed by atoms with Crippen molar-refractivity contribution in [2.45, 2.75) is 19.9 Å². The molecule has 19 heavy (non-hydrogen) atoms. The molecule has 0 aliphatic carbocycles. The molecule has 0 saturated carbocycles. The van der Waals surface area contributed by atoms with Crippen molar-refractivity contribution in [1.82, 2.24) is 4.98 Å². The first-order valence-electron chi connectivity index (χ1n) is 6.16. The van der Waals surface area contributed by atoms with Gasteiger partial charge >= 0.3 is 5.97 Å². The number of thiazole rings is 1. The molecular weight excluding hydrogens is 260 g/mol. The Labute approximate surface area is 115 Å². The molecule has 0 unspecified atom stereocenters. The Morgan fingerprint density at radius 3 is 3.00 bits per heavy atom. The third-order valence-electron chi connectivity index (χ3n) is 3.35. The molecule has 1 aromatic carbocycles. The van der Waals surface area contributed by atoms with Gasteiger partial charge in [-0.15, -0.1) is 0 Å². The fourth-order valence-corrected chi connectivity index (χ4v) is 3.14. The lowest BCUT2D eigenvalue weighted by molar-refractivity contribution is 0.0702. The average Bonchev–Trinajstić information content (AvgIpc) is 2.87. The van der Waals surface area contributed by atoms with Gasteiger partial charge in [-0.2, -0.15) is 0 Å². The molecule has 0 fully saturated rings. The number of nitrogens with zero attached hydrogens (tertiary/aromatic N) is 2. The maximum atomic E-state index is 10.9. The van der Waals surface area contributed by atoms with Crippen LogP contribution in [0, 0.1) is 6.92 Å². The van der Waals surface area contributed by atoms with Gasteiger partial charge in [-0.3, -0.25) is 0 Å². The summed E-state index contributed by atoms with van der Waals surface area (Å²) in [5, 5.41) is 9.74. The first-order chi connectivity index (χ1) is 9.13. The van der Waals surface area contributed by atoms with Crippen LogP contribution >= 0.6 is 11.3 Å². The van der Waals surface area contributed by atoms with Crippen LogP contribution in [0.5, 0.6) is 0 Å². The van der Waals surface area contributed by atoms with E-state index in [1.54, 1.807) is 0 Å². The fourth-order valence-electron chi connectivity index (χ4n) is 2.36. The third-order valence-corrected chi connectivity index (χ3v) is 4.39. The number of aryl methyl sites for hydroxylation is 1. The Balaban J connectivity index is 1.86. The van der Waals surface area contributed by atoms with Gasteiger partial charge in [-0.05, 0) is 24.5 Å². The number of aromatic nitrogens is 1. The minimum atomic E-state index is -0.906. The van der Waals surface area contributed by atoms with Crippen LogP contribution in [0.2, 0.25) is 0 Å². The predicted octanol–water partition coefficient (Wildman–Crippen LogP) is 2.71. The van der Waals surface area contributed by atoms with E-state index in [2.05, 4.69) is 35.0 Å². The highest BCUT2D eigenvalue weighted by Crippen LogP contribution is 2.28. The number of carbonyl (C=O) groups is 1. The summed E-state index contributed by atoms with van der Waals surface area (Å²) < 4.78 is 0. The van der Waals surface area contributed by atoms with Crippen molar-refractivity contribution >= 4 is 22.4 Å². The van der Waals surface area contributed by atoms with Crippen molar-refractivity contribution in [1.29, 1.82) is 0 Å². The number of rotatable bonds is 2. The van der Waals surface area contributed by atoms with Gasteiger partial charge in [0.15, 0.2) is 5.13 Å². The Morgan fingerprint density at radius 1 is 1.42 bits per heavy atom. The van der Waals surface area contributed by atoms with Crippen LogP contribution in [-0.2, 0) is 13.0 Å². The number of anilines is 1.